The van der Waals surface area contributed by atoms with Crippen molar-refractivity contribution < 1.29 is 14.3 Å². The predicted molar refractivity (Wildman–Crippen MR) is 116 cm³/mol. The van der Waals surface area contributed by atoms with Crippen LogP contribution in [-0.2, 0) is 9.53 Å². The van der Waals surface area contributed by atoms with Crippen LogP contribution in [0.2, 0.25) is 5.02 Å². The first-order chi connectivity index (χ1) is 12.6. The molecule has 0 radical (unpaired) electrons. The number of hydrogen-bond donors (Lipinski definition) is 2. The summed E-state index contributed by atoms with van der Waals surface area (Å²) in [5, 5.41) is 3.85. The number of likely N-dealkylation sites (tertiary alicyclic amines) is 1. The molecule has 1 amide bonds. The van der Waals surface area contributed by atoms with Gasteiger partial charge < -0.3 is 20.5 Å². The third-order valence-electron chi connectivity index (χ3n) is 5.09. The normalized spacial score (nSPS) is 22.8. The molecule has 0 aromatic heterocycles. The Morgan fingerprint density at radius 2 is 1.86 bits per heavy atom. The summed E-state index contributed by atoms with van der Waals surface area (Å²) in [6, 6.07) is 7.65. The lowest BCUT2D eigenvalue weighted by atomic mass is 10.0. The van der Waals surface area contributed by atoms with Crippen molar-refractivity contribution in [2.75, 3.05) is 32.8 Å². The summed E-state index contributed by atoms with van der Waals surface area (Å²) >= 11 is 5.87. The minimum atomic E-state index is -0.325. The van der Waals surface area contributed by atoms with Gasteiger partial charge in [0.25, 0.3) is 0 Å². The average molecular weight is 455 g/mol. The van der Waals surface area contributed by atoms with E-state index in [1.807, 2.05) is 24.3 Å². The third-order valence-corrected chi connectivity index (χ3v) is 5.34. The van der Waals surface area contributed by atoms with E-state index in [2.05, 4.69) is 10.2 Å². The summed E-state index contributed by atoms with van der Waals surface area (Å²) in [7, 11) is 0. The van der Waals surface area contributed by atoms with E-state index in [1.165, 1.54) is 0 Å². The molecule has 0 saturated carbocycles. The van der Waals surface area contributed by atoms with Crippen LogP contribution in [0.15, 0.2) is 24.3 Å². The molecule has 9 heteroatoms. The average Bonchev–Trinajstić information content (AvgIpc) is 3.14. The SMILES string of the molecule is Cl.Cl.NC[C@H]1CC[C@@H](C(=O)NC2CCN(CCOc3ccc(Cl)cc3)CC2)O1. The van der Waals surface area contributed by atoms with Crippen molar-refractivity contribution in [3.8, 4) is 5.75 Å². The number of rotatable bonds is 7. The number of benzene rings is 1. The molecule has 0 unspecified atom stereocenters. The molecule has 1 aromatic rings. The van der Waals surface area contributed by atoms with E-state index in [1.54, 1.807) is 0 Å². The summed E-state index contributed by atoms with van der Waals surface area (Å²) in [6.07, 6.45) is 3.27. The first-order valence-corrected chi connectivity index (χ1v) is 9.78. The maximum absolute atomic E-state index is 12.3. The van der Waals surface area contributed by atoms with Crippen LogP contribution in [0.4, 0.5) is 0 Å². The molecular weight excluding hydrogens is 425 g/mol. The van der Waals surface area contributed by atoms with Crippen molar-refractivity contribution in [3.05, 3.63) is 29.3 Å². The van der Waals surface area contributed by atoms with Crippen LogP contribution in [0.1, 0.15) is 25.7 Å². The highest BCUT2D eigenvalue weighted by molar-refractivity contribution is 6.30. The van der Waals surface area contributed by atoms with Crippen molar-refractivity contribution in [1.82, 2.24) is 10.2 Å². The second-order valence-electron chi connectivity index (χ2n) is 6.99. The zero-order valence-electron chi connectivity index (χ0n) is 15.8. The minimum absolute atomic E-state index is 0. The number of ether oxygens (including phenoxy) is 2. The maximum atomic E-state index is 12.3. The summed E-state index contributed by atoms with van der Waals surface area (Å²) in [5.41, 5.74) is 5.60. The number of carbonyl (C=O) groups is 1. The van der Waals surface area contributed by atoms with E-state index in [0.717, 1.165) is 51.1 Å². The highest BCUT2D eigenvalue weighted by Crippen LogP contribution is 2.20. The van der Waals surface area contributed by atoms with Gasteiger partial charge in [-0.3, -0.25) is 9.69 Å². The molecule has 2 fully saturated rings. The molecule has 0 spiro atoms. The van der Waals surface area contributed by atoms with Gasteiger partial charge in [0, 0.05) is 37.2 Å². The molecular formula is C19H30Cl3N3O3. The smallest absolute Gasteiger partial charge is 0.249 e. The van der Waals surface area contributed by atoms with Gasteiger partial charge in [-0.05, 0) is 49.9 Å². The second-order valence-corrected chi connectivity index (χ2v) is 7.42. The zero-order valence-corrected chi connectivity index (χ0v) is 18.2. The van der Waals surface area contributed by atoms with Gasteiger partial charge in [-0.1, -0.05) is 11.6 Å². The summed E-state index contributed by atoms with van der Waals surface area (Å²) < 4.78 is 11.4. The minimum Gasteiger partial charge on any atom is -0.492 e. The fourth-order valence-corrected chi connectivity index (χ4v) is 3.62. The van der Waals surface area contributed by atoms with E-state index < -0.39 is 0 Å². The third kappa shape index (κ3) is 7.58. The molecule has 0 aliphatic carbocycles. The largest absolute Gasteiger partial charge is 0.492 e. The van der Waals surface area contributed by atoms with Gasteiger partial charge in [0.1, 0.15) is 18.5 Å². The summed E-state index contributed by atoms with van der Waals surface area (Å²) in [5.74, 6) is 0.856. The van der Waals surface area contributed by atoms with Crippen molar-refractivity contribution >= 4 is 42.3 Å². The van der Waals surface area contributed by atoms with E-state index in [0.29, 0.717) is 18.2 Å². The highest BCUT2D eigenvalue weighted by Gasteiger charge is 2.31. The van der Waals surface area contributed by atoms with Gasteiger partial charge in [0.05, 0.1) is 6.10 Å². The van der Waals surface area contributed by atoms with Gasteiger partial charge in [0.15, 0.2) is 0 Å². The number of halogens is 3. The quantitative estimate of drug-likeness (QED) is 0.662. The first-order valence-electron chi connectivity index (χ1n) is 9.40. The standard InChI is InChI=1S/C19H28ClN3O3.2ClH/c20-14-1-3-16(4-2-14)25-12-11-23-9-7-15(8-10-23)22-19(24)18-6-5-17(13-21)26-18;;/h1-4,15,17-18H,5-13,21H2,(H,22,24);2*1H/t17-,18+;;/m1../s1. The number of piperidine rings is 1. The molecule has 160 valence electrons. The molecule has 2 aliphatic rings. The summed E-state index contributed by atoms with van der Waals surface area (Å²) in [4.78, 5) is 14.7. The van der Waals surface area contributed by atoms with Crippen LogP contribution in [0, 0.1) is 0 Å². The van der Waals surface area contributed by atoms with Crippen LogP contribution < -0.4 is 15.8 Å². The molecule has 2 atom stereocenters. The van der Waals surface area contributed by atoms with Gasteiger partial charge in [-0.2, -0.15) is 0 Å². The zero-order chi connectivity index (χ0) is 18.4. The predicted octanol–water partition coefficient (Wildman–Crippen LogP) is 2.65. The molecule has 2 aliphatic heterocycles. The van der Waals surface area contributed by atoms with Crippen LogP contribution in [0.5, 0.6) is 5.75 Å². The van der Waals surface area contributed by atoms with E-state index >= 15 is 0 Å². The van der Waals surface area contributed by atoms with E-state index in [-0.39, 0.29) is 49.0 Å². The molecule has 3 N–H and O–H groups in total. The van der Waals surface area contributed by atoms with Crippen LogP contribution in [0.25, 0.3) is 0 Å². The molecule has 6 nitrogen and oxygen atoms in total. The maximum Gasteiger partial charge on any atom is 0.249 e. The number of carbonyl (C=O) groups excluding carboxylic acids is 1. The topological polar surface area (TPSA) is 76.8 Å². The van der Waals surface area contributed by atoms with Gasteiger partial charge in [0.2, 0.25) is 5.91 Å². The van der Waals surface area contributed by atoms with E-state index in [4.69, 9.17) is 26.8 Å². The van der Waals surface area contributed by atoms with Crippen molar-refractivity contribution in [1.29, 1.82) is 0 Å². The number of hydrogen-bond acceptors (Lipinski definition) is 5. The Balaban J connectivity index is 0.00000196. The van der Waals surface area contributed by atoms with Crippen molar-refractivity contribution in [2.45, 2.75) is 43.9 Å². The van der Waals surface area contributed by atoms with Gasteiger partial charge >= 0.3 is 0 Å². The molecule has 1 aromatic carbocycles. The fraction of sp³-hybridized carbons (Fsp3) is 0.632. The summed E-state index contributed by atoms with van der Waals surface area (Å²) in [6.45, 7) is 3.94. The lowest BCUT2D eigenvalue weighted by molar-refractivity contribution is -0.132. The monoisotopic (exact) mass is 453 g/mol. The lowest BCUT2D eigenvalue weighted by Crippen LogP contribution is -2.48. The molecule has 2 saturated heterocycles. The molecule has 0 bridgehead atoms. The Bertz CT molecular complexity index is 584. The molecule has 28 heavy (non-hydrogen) atoms. The fourth-order valence-electron chi connectivity index (χ4n) is 3.49. The number of nitrogens with zero attached hydrogens (tertiary/aromatic N) is 1. The van der Waals surface area contributed by atoms with Crippen molar-refractivity contribution in [2.24, 2.45) is 5.73 Å². The molecule has 3 rings (SSSR count). The Hall–Kier alpha value is -0.760. The highest BCUT2D eigenvalue weighted by atomic mass is 35.5. The van der Waals surface area contributed by atoms with Crippen molar-refractivity contribution in [3.63, 3.8) is 0 Å². The number of nitrogens with one attached hydrogen (secondary N) is 1. The van der Waals surface area contributed by atoms with Gasteiger partial charge in [-0.25, -0.2) is 0 Å². The Kier molecular flexibility index (Phi) is 11.5. The number of nitrogens with two attached hydrogens (primary N) is 1. The van der Waals surface area contributed by atoms with Crippen LogP contribution >= 0.6 is 36.4 Å². The second kappa shape index (κ2) is 12.7. The lowest BCUT2D eigenvalue weighted by Gasteiger charge is -2.32. The first kappa shape index (κ1) is 25.3. The molecule has 2 heterocycles. The Morgan fingerprint density at radius 1 is 1.18 bits per heavy atom. The Morgan fingerprint density at radius 3 is 2.46 bits per heavy atom. The Labute approximate surface area is 184 Å². The van der Waals surface area contributed by atoms with E-state index in [9.17, 15) is 4.79 Å². The van der Waals surface area contributed by atoms with Gasteiger partial charge in [-0.15, -0.1) is 24.8 Å². The van der Waals surface area contributed by atoms with Crippen LogP contribution in [-0.4, -0.2) is 61.8 Å². The van der Waals surface area contributed by atoms with Crippen LogP contribution in [0.3, 0.4) is 0 Å². The number of amides is 1.